The number of amides is 2. The fourth-order valence-electron chi connectivity index (χ4n) is 3.86. The number of nitrogens with zero attached hydrogens (tertiary/aromatic N) is 3. The van der Waals surface area contributed by atoms with E-state index in [-0.39, 0.29) is 54.1 Å². The molecule has 0 bridgehead atoms. The van der Waals surface area contributed by atoms with Crippen LogP contribution in [0.5, 0.6) is 0 Å². The van der Waals surface area contributed by atoms with Crippen molar-refractivity contribution < 1.29 is 22.5 Å². The SMILES string of the molecule is Cc1noc(C)c1S(=O)(=O)N1CCN(C(=O)[C@H](C)NC(=O)c2ccc(C(C)(C)C)cc2)CC1. The van der Waals surface area contributed by atoms with Gasteiger partial charge < -0.3 is 14.7 Å². The van der Waals surface area contributed by atoms with Gasteiger partial charge in [-0.1, -0.05) is 38.1 Å². The summed E-state index contributed by atoms with van der Waals surface area (Å²) in [5.74, 6) is -0.321. The van der Waals surface area contributed by atoms with Crippen LogP contribution in [0.25, 0.3) is 0 Å². The predicted octanol–water partition coefficient (Wildman–Crippen LogP) is 2.24. The smallest absolute Gasteiger partial charge is 0.251 e. The molecule has 9 nitrogen and oxygen atoms in total. The number of rotatable bonds is 5. The van der Waals surface area contributed by atoms with E-state index in [0.29, 0.717) is 11.3 Å². The molecule has 0 saturated carbocycles. The maximum Gasteiger partial charge on any atom is 0.251 e. The number of nitrogens with one attached hydrogen (secondary N) is 1. The Morgan fingerprint density at radius 3 is 2.12 bits per heavy atom. The van der Waals surface area contributed by atoms with Gasteiger partial charge in [0.2, 0.25) is 15.9 Å². The van der Waals surface area contributed by atoms with Crippen LogP contribution < -0.4 is 5.32 Å². The molecule has 2 aromatic rings. The summed E-state index contributed by atoms with van der Waals surface area (Å²) in [4.78, 5) is 27.1. The van der Waals surface area contributed by atoms with E-state index in [1.165, 1.54) is 4.31 Å². The molecule has 180 valence electrons. The predicted molar refractivity (Wildman–Crippen MR) is 123 cm³/mol. The van der Waals surface area contributed by atoms with Crippen LogP contribution in [0.15, 0.2) is 33.7 Å². The molecule has 1 N–H and O–H groups in total. The first-order valence-electron chi connectivity index (χ1n) is 11.0. The molecule has 10 heteroatoms. The van der Waals surface area contributed by atoms with Gasteiger partial charge in [0.15, 0.2) is 5.76 Å². The van der Waals surface area contributed by atoms with Gasteiger partial charge in [-0.2, -0.15) is 4.31 Å². The topological polar surface area (TPSA) is 113 Å². The van der Waals surface area contributed by atoms with Gasteiger partial charge in [-0.3, -0.25) is 9.59 Å². The molecule has 1 aliphatic rings. The van der Waals surface area contributed by atoms with E-state index in [1.54, 1.807) is 37.8 Å². The fourth-order valence-corrected chi connectivity index (χ4v) is 5.57. The summed E-state index contributed by atoms with van der Waals surface area (Å²) in [5.41, 5.74) is 1.91. The van der Waals surface area contributed by atoms with E-state index < -0.39 is 16.1 Å². The zero-order chi connectivity index (χ0) is 24.6. The van der Waals surface area contributed by atoms with E-state index in [4.69, 9.17) is 4.52 Å². The second-order valence-corrected chi connectivity index (χ2v) is 11.3. The van der Waals surface area contributed by atoms with Crippen LogP contribution >= 0.6 is 0 Å². The van der Waals surface area contributed by atoms with E-state index in [9.17, 15) is 18.0 Å². The number of aromatic nitrogens is 1. The number of hydrogen-bond donors (Lipinski definition) is 1. The standard InChI is InChI=1S/C23H32N4O5S/c1-15-20(17(3)32-25-15)33(30,31)27-13-11-26(12-14-27)22(29)16(2)24-21(28)18-7-9-19(10-8-18)23(4,5)6/h7-10,16H,11-14H2,1-6H3,(H,24,28)/t16-/m0/s1. The van der Waals surface area contributed by atoms with Crippen LogP contribution in [0.1, 0.15) is 55.1 Å². The second-order valence-electron chi connectivity index (χ2n) is 9.41. The number of carbonyl (C=O) groups is 2. The van der Waals surface area contributed by atoms with Crippen molar-refractivity contribution >= 4 is 21.8 Å². The third-order valence-corrected chi connectivity index (χ3v) is 7.99. The molecular weight excluding hydrogens is 444 g/mol. The Labute approximate surface area is 195 Å². The fraction of sp³-hybridized carbons (Fsp3) is 0.522. The Morgan fingerprint density at radius 2 is 1.64 bits per heavy atom. The third kappa shape index (κ3) is 5.27. The minimum Gasteiger partial charge on any atom is -0.360 e. The van der Waals surface area contributed by atoms with E-state index >= 15 is 0 Å². The van der Waals surface area contributed by atoms with Crippen molar-refractivity contribution in [3.05, 3.63) is 46.8 Å². The van der Waals surface area contributed by atoms with Crippen LogP contribution in [0.4, 0.5) is 0 Å². The molecule has 33 heavy (non-hydrogen) atoms. The molecule has 1 aromatic heterocycles. The van der Waals surface area contributed by atoms with E-state index in [1.807, 2.05) is 12.1 Å². The number of hydrogen-bond acceptors (Lipinski definition) is 6. The molecule has 1 fully saturated rings. The minimum atomic E-state index is -3.75. The van der Waals surface area contributed by atoms with E-state index in [2.05, 4.69) is 31.2 Å². The molecule has 0 radical (unpaired) electrons. The van der Waals surface area contributed by atoms with Crippen LogP contribution in [-0.2, 0) is 20.2 Å². The maximum atomic E-state index is 13.0. The molecular formula is C23H32N4O5S. The number of aryl methyl sites for hydroxylation is 2. The molecule has 1 aliphatic heterocycles. The number of benzene rings is 1. The van der Waals surface area contributed by atoms with Gasteiger partial charge in [-0.05, 0) is 43.9 Å². The van der Waals surface area contributed by atoms with Crippen LogP contribution in [0.2, 0.25) is 0 Å². The lowest BCUT2D eigenvalue weighted by molar-refractivity contribution is -0.134. The van der Waals surface area contributed by atoms with Crippen molar-refractivity contribution in [3.8, 4) is 0 Å². The minimum absolute atomic E-state index is 0.0145. The maximum absolute atomic E-state index is 13.0. The monoisotopic (exact) mass is 476 g/mol. The first-order valence-corrected chi connectivity index (χ1v) is 12.4. The lowest BCUT2D eigenvalue weighted by Crippen LogP contribution is -2.55. The Balaban J connectivity index is 1.58. The van der Waals surface area contributed by atoms with Crippen LogP contribution in [0, 0.1) is 13.8 Å². The average Bonchev–Trinajstić information content (AvgIpc) is 3.11. The molecule has 1 saturated heterocycles. The molecule has 0 aliphatic carbocycles. The zero-order valence-electron chi connectivity index (χ0n) is 20.0. The summed E-state index contributed by atoms with van der Waals surface area (Å²) in [6.07, 6.45) is 0. The average molecular weight is 477 g/mol. The Bertz CT molecular complexity index is 1110. The Morgan fingerprint density at radius 1 is 1.06 bits per heavy atom. The Kier molecular flexibility index (Phi) is 6.99. The molecule has 1 aromatic carbocycles. The second kappa shape index (κ2) is 9.26. The lowest BCUT2D eigenvalue weighted by atomic mass is 9.86. The van der Waals surface area contributed by atoms with Crippen molar-refractivity contribution in [3.63, 3.8) is 0 Å². The van der Waals surface area contributed by atoms with Gasteiger partial charge in [0.05, 0.1) is 0 Å². The highest BCUT2D eigenvalue weighted by atomic mass is 32.2. The largest absolute Gasteiger partial charge is 0.360 e. The first-order chi connectivity index (χ1) is 15.3. The van der Waals surface area contributed by atoms with Crippen LogP contribution in [0.3, 0.4) is 0 Å². The van der Waals surface area contributed by atoms with Gasteiger partial charge in [0.1, 0.15) is 16.6 Å². The molecule has 2 heterocycles. The van der Waals surface area contributed by atoms with Crippen molar-refractivity contribution in [1.82, 2.24) is 19.7 Å². The summed E-state index contributed by atoms with van der Waals surface area (Å²) in [6, 6.07) is 6.61. The molecule has 1 atom stereocenters. The van der Waals surface area contributed by atoms with Gasteiger partial charge in [-0.15, -0.1) is 0 Å². The van der Waals surface area contributed by atoms with Gasteiger partial charge in [0, 0.05) is 31.7 Å². The summed E-state index contributed by atoms with van der Waals surface area (Å²) in [7, 11) is -3.75. The number of piperazine rings is 1. The van der Waals surface area contributed by atoms with Gasteiger partial charge in [0.25, 0.3) is 5.91 Å². The summed E-state index contributed by atoms with van der Waals surface area (Å²) in [5, 5.41) is 6.47. The molecule has 0 spiro atoms. The van der Waals surface area contributed by atoms with Gasteiger partial charge in [-0.25, -0.2) is 8.42 Å². The van der Waals surface area contributed by atoms with Gasteiger partial charge >= 0.3 is 0 Å². The normalized spacial score (nSPS) is 16.5. The highest BCUT2D eigenvalue weighted by Crippen LogP contribution is 2.24. The van der Waals surface area contributed by atoms with Crippen LogP contribution in [-0.4, -0.2) is 66.8 Å². The van der Waals surface area contributed by atoms with Crippen molar-refractivity contribution in [1.29, 1.82) is 0 Å². The lowest BCUT2D eigenvalue weighted by Gasteiger charge is -2.35. The van der Waals surface area contributed by atoms with Crippen molar-refractivity contribution in [2.24, 2.45) is 0 Å². The summed E-state index contributed by atoms with van der Waals surface area (Å²) < 4.78 is 32.2. The highest BCUT2D eigenvalue weighted by Gasteiger charge is 2.35. The molecule has 3 rings (SSSR count). The summed E-state index contributed by atoms with van der Waals surface area (Å²) in [6.45, 7) is 11.9. The quantitative estimate of drug-likeness (QED) is 0.708. The first kappa shape index (κ1) is 24.9. The molecule has 0 unspecified atom stereocenters. The highest BCUT2D eigenvalue weighted by molar-refractivity contribution is 7.89. The van der Waals surface area contributed by atoms with E-state index in [0.717, 1.165) is 5.56 Å². The zero-order valence-corrected chi connectivity index (χ0v) is 20.8. The number of carbonyl (C=O) groups excluding carboxylic acids is 2. The number of sulfonamides is 1. The molecule has 2 amide bonds. The summed E-state index contributed by atoms with van der Waals surface area (Å²) >= 11 is 0. The third-order valence-electron chi connectivity index (χ3n) is 5.85. The Hall–Kier alpha value is -2.72. The van der Waals surface area contributed by atoms with Crippen molar-refractivity contribution in [2.75, 3.05) is 26.2 Å². The van der Waals surface area contributed by atoms with Crippen molar-refractivity contribution in [2.45, 2.75) is 57.9 Å².